The molecule has 19 heavy (non-hydrogen) atoms. The van der Waals surface area contributed by atoms with Crippen LogP contribution in [0.3, 0.4) is 0 Å². The Kier molecular flexibility index (Phi) is 4.50. The Hall–Kier alpha value is -1.03. The van der Waals surface area contributed by atoms with E-state index in [1.807, 2.05) is 0 Å². The summed E-state index contributed by atoms with van der Waals surface area (Å²) in [6.07, 6.45) is -1.16. The number of nitrogens with zero attached hydrogens (tertiary/aromatic N) is 1. The Labute approximate surface area is 112 Å². The number of piperidine rings is 1. The summed E-state index contributed by atoms with van der Waals surface area (Å²) in [6, 6.07) is 6.66. The van der Waals surface area contributed by atoms with Gasteiger partial charge in [0.05, 0.1) is 5.56 Å². The van der Waals surface area contributed by atoms with E-state index in [-0.39, 0.29) is 5.92 Å². The maximum Gasteiger partial charge on any atom is 0.416 e. The van der Waals surface area contributed by atoms with Crippen molar-refractivity contribution in [2.24, 2.45) is 0 Å². The summed E-state index contributed by atoms with van der Waals surface area (Å²) in [5, 5.41) is 0. The lowest BCUT2D eigenvalue weighted by Crippen LogP contribution is -2.34. The van der Waals surface area contributed by atoms with Gasteiger partial charge >= 0.3 is 6.18 Å². The molecule has 1 nitrogen and oxygen atoms in total. The van der Waals surface area contributed by atoms with Crippen molar-refractivity contribution < 1.29 is 13.2 Å². The summed E-state index contributed by atoms with van der Waals surface area (Å²) < 4.78 is 38.1. The summed E-state index contributed by atoms with van der Waals surface area (Å²) in [6.45, 7) is 5.08. The first-order valence-corrected chi connectivity index (χ1v) is 6.81. The number of benzene rings is 1. The lowest BCUT2D eigenvalue weighted by atomic mass is 9.89. The molecule has 1 fully saturated rings. The summed E-state index contributed by atoms with van der Waals surface area (Å²) >= 11 is 0. The molecule has 0 aliphatic carbocycles. The molecule has 2 rings (SSSR count). The second kappa shape index (κ2) is 5.95. The second-order valence-electron chi connectivity index (χ2n) is 5.19. The molecule has 1 aliphatic heterocycles. The van der Waals surface area contributed by atoms with Crippen LogP contribution < -0.4 is 0 Å². The maximum absolute atomic E-state index is 12.7. The summed E-state index contributed by atoms with van der Waals surface area (Å²) in [5.41, 5.74) is 0.188. The molecule has 1 unspecified atom stereocenters. The van der Waals surface area contributed by atoms with E-state index in [9.17, 15) is 13.2 Å². The minimum absolute atomic E-state index is 0.207. The molecule has 0 saturated carbocycles. The molecular formula is C15H19F3N. The van der Waals surface area contributed by atoms with Crippen molar-refractivity contribution >= 4 is 0 Å². The lowest BCUT2D eigenvalue weighted by Gasteiger charge is -2.32. The summed E-state index contributed by atoms with van der Waals surface area (Å²) in [7, 11) is 0. The topological polar surface area (TPSA) is 3.24 Å². The third-order valence-corrected chi connectivity index (χ3v) is 3.66. The van der Waals surface area contributed by atoms with Crippen LogP contribution in [0.15, 0.2) is 18.2 Å². The van der Waals surface area contributed by atoms with Gasteiger partial charge in [-0.25, -0.2) is 0 Å². The number of hydrogen-bond acceptors (Lipinski definition) is 1. The van der Waals surface area contributed by atoms with Crippen LogP contribution in [0.25, 0.3) is 0 Å². The van der Waals surface area contributed by atoms with Gasteiger partial charge in [0.2, 0.25) is 0 Å². The molecule has 1 heterocycles. The second-order valence-corrected chi connectivity index (χ2v) is 5.19. The average Bonchev–Trinajstić information content (AvgIpc) is 2.39. The zero-order valence-corrected chi connectivity index (χ0v) is 11.1. The number of likely N-dealkylation sites (tertiary alicyclic amines) is 1. The molecule has 0 aromatic heterocycles. The zero-order chi connectivity index (χ0) is 13.9. The first kappa shape index (κ1) is 14.4. The Morgan fingerprint density at radius 1 is 1.37 bits per heavy atom. The van der Waals surface area contributed by atoms with Crippen molar-refractivity contribution in [3.8, 4) is 0 Å². The van der Waals surface area contributed by atoms with E-state index < -0.39 is 11.7 Å². The van der Waals surface area contributed by atoms with E-state index >= 15 is 0 Å². The van der Waals surface area contributed by atoms with E-state index in [4.69, 9.17) is 0 Å². The van der Waals surface area contributed by atoms with Gasteiger partial charge < -0.3 is 4.90 Å². The normalized spacial score (nSPS) is 21.6. The van der Waals surface area contributed by atoms with Crippen LogP contribution in [0, 0.1) is 6.07 Å². The molecule has 1 saturated heterocycles. The summed E-state index contributed by atoms with van der Waals surface area (Å²) in [5.74, 6) is 0.207. The van der Waals surface area contributed by atoms with Gasteiger partial charge in [-0.05, 0) is 62.0 Å². The fraction of sp³-hybridized carbons (Fsp3) is 0.600. The van der Waals surface area contributed by atoms with Crippen molar-refractivity contribution in [1.29, 1.82) is 0 Å². The van der Waals surface area contributed by atoms with E-state index in [0.717, 1.165) is 50.5 Å². The molecule has 1 aliphatic rings. The molecule has 0 bridgehead atoms. The van der Waals surface area contributed by atoms with Crippen LogP contribution in [-0.2, 0) is 6.18 Å². The van der Waals surface area contributed by atoms with E-state index in [1.54, 1.807) is 6.07 Å². The van der Waals surface area contributed by atoms with E-state index in [1.165, 1.54) is 6.07 Å². The molecule has 1 radical (unpaired) electrons. The molecule has 1 aromatic rings. The van der Waals surface area contributed by atoms with Crippen LogP contribution in [0.5, 0.6) is 0 Å². The van der Waals surface area contributed by atoms with Crippen molar-refractivity contribution in [1.82, 2.24) is 4.90 Å². The van der Waals surface area contributed by atoms with Gasteiger partial charge in [0.25, 0.3) is 0 Å². The molecule has 1 aromatic carbocycles. The lowest BCUT2D eigenvalue weighted by molar-refractivity contribution is -0.137. The summed E-state index contributed by atoms with van der Waals surface area (Å²) in [4.78, 5) is 2.34. The standard InChI is InChI=1S/C15H19F3N/c1-2-8-19-9-4-6-13(11-19)12-5-3-7-14(10-12)15(16,17)18/h5,7,10,13H,2,4,6,8-9,11H2,1H3. The van der Waals surface area contributed by atoms with Crippen molar-refractivity contribution in [3.63, 3.8) is 0 Å². The number of halogens is 3. The molecular weight excluding hydrogens is 251 g/mol. The van der Waals surface area contributed by atoms with E-state index in [0.29, 0.717) is 0 Å². The predicted octanol–water partition coefficient (Wildman–Crippen LogP) is 4.09. The first-order chi connectivity index (χ1) is 9.00. The molecule has 105 valence electrons. The Morgan fingerprint density at radius 3 is 2.84 bits per heavy atom. The van der Waals surface area contributed by atoms with Gasteiger partial charge in [0.1, 0.15) is 0 Å². The highest BCUT2D eigenvalue weighted by Gasteiger charge is 2.31. The molecule has 4 heteroatoms. The van der Waals surface area contributed by atoms with Crippen molar-refractivity contribution in [2.75, 3.05) is 19.6 Å². The quantitative estimate of drug-likeness (QED) is 0.799. The fourth-order valence-corrected chi connectivity index (χ4v) is 2.74. The Balaban J connectivity index is 2.13. The van der Waals surface area contributed by atoms with Crippen LogP contribution in [0.2, 0.25) is 0 Å². The van der Waals surface area contributed by atoms with Gasteiger partial charge in [-0.15, -0.1) is 0 Å². The zero-order valence-electron chi connectivity index (χ0n) is 11.1. The molecule has 0 spiro atoms. The van der Waals surface area contributed by atoms with Crippen LogP contribution in [0.1, 0.15) is 43.2 Å². The fourth-order valence-electron chi connectivity index (χ4n) is 2.74. The highest BCUT2D eigenvalue weighted by Crippen LogP contribution is 2.33. The van der Waals surface area contributed by atoms with Gasteiger partial charge in [-0.1, -0.05) is 13.0 Å². The maximum atomic E-state index is 12.7. The molecule has 0 N–H and O–H groups in total. The third kappa shape index (κ3) is 3.72. The number of alkyl halides is 3. The van der Waals surface area contributed by atoms with Gasteiger partial charge in [-0.3, -0.25) is 0 Å². The minimum Gasteiger partial charge on any atom is -0.303 e. The van der Waals surface area contributed by atoms with Crippen LogP contribution >= 0.6 is 0 Å². The van der Waals surface area contributed by atoms with Gasteiger partial charge in [0, 0.05) is 6.54 Å². The van der Waals surface area contributed by atoms with E-state index in [2.05, 4.69) is 17.9 Å². The SMILES string of the molecule is CCCN1CCCC(c2c[c]cc(C(F)(F)F)c2)C1. The van der Waals surface area contributed by atoms with Gasteiger partial charge in [-0.2, -0.15) is 13.2 Å². The largest absolute Gasteiger partial charge is 0.416 e. The first-order valence-electron chi connectivity index (χ1n) is 6.81. The Morgan fingerprint density at radius 2 is 2.16 bits per heavy atom. The van der Waals surface area contributed by atoms with Crippen LogP contribution in [0.4, 0.5) is 13.2 Å². The Bertz CT molecular complexity index is 412. The molecule has 1 atom stereocenters. The third-order valence-electron chi connectivity index (χ3n) is 3.66. The minimum atomic E-state index is -4.27. The number of rotatable bonds is 3. The van der Waals surface area contributed by atoms with Crippen molar-refractivity contribution in [3.05, 3.63) is 35.4 Å². The molecule has 0 amide bonds. The van der Waals surface area contributed by atoms with Crippen LogP contribution in [-0.4, -0.2) is 24.5 Å². The highest BCUT2D eigenvalue weighted by molar-refractivity contribution is 5.28. The average molecular weight is 270 g/mol. The number of hydrogen-bond donors (Lipinski definition) is 0. The predicted molar refractivity (Wildman–Crippen MR) is 69.0 cm³/mol. The smallest absolute Gasteiger partial charge is 0.303 e. The van der Waals surface area contributed by atoms with Gasteiger partial charge in [0.15, 0.2) is 0 Å². The van der Waals surface area contributed by atoms with Crippen molar-refractivity contribution in [2.45, 2.75) is 38.3 Å². The monoisotopic (exact) mass is 270 g/mol. The highest BCUT2D eigenvalue weighted by atomic mass is 19.4.